The molecule has 0 spiro atoms. The molecular formula is C14H17N3O. The van der Waals surface area contributed by atoms with Gasteiger partial charge in [0.05, 0.1) is 11.9 Å². The van der Waals surface area contributed by atoms with Crippen LogP contribution in [0, 0.1) is 13.8 Å². The van der Waals surface area contributed by atoms with Crippen molar-refractivity contribution in [2.24, 2.45) is 5.73 Å². The van der Waals surface area contributed by atoms with Crippen LogP contribution in [-0.2, 0) is 6.42 Å². The molecule has 18 heavy (non-hydrogen) atoms. The van der Waals surface area contributed by atoms with Gasteiger partial charge in [-0.15, -0.1) is 0 Å². The highest BCUT2D eigenvalue weighted by molar-refractivity contribution is 5.71. The first kappa shape index (κ1) is 11.3. The van der Waals surface area contributed by atoms with Crippen molar-refractivity contribution in [3.8, 4) is 17.0 Å². The summed E-state index contributed by atoms with van der Waals surface area (Å²) in [5.74, 6) is 1.87. The molecule has 3 rings (SSSR count). The summed E-state index contributed by atoms with van der Waals surface area (Å²) in [5, 5.41) is 0. The lowest BCUT2D eigenvalue weighted by atomic mass is 10.0. The fraction of sp³-hybridized carbons (Fsp3) is 0.357. The van der Waals surface area contributed by atoms with E-state index in [2.05, 4.69) is 29.0 Å². The Bertz CT molecular complexity index is 589. The van der Waals surface area contributed by atoms with E-state index in [1.165, 1.54) is 11.1 Å². The third-order valence-corrected chi connectivity index (χ3v) is 3.30. The fourth-order valence-electron chi connectivity index (χ4n) is 2.48. The number of ether oxygens (including phenoxy) is 1. The van der Waals surface area contributed by atoms with Crippen molar-refractivity contribution in [1.29, 1.82) is 0 Å². The molecule has 0 radical (unpaired) electrons. The van der Waals surface area contributed by atoms with Gasteiger partial charge in [-0.2, -0.15) is 0 Å². The molecule has 3 N–H and O–H groups in total. The van der Waals surface area contributed by atoms with Crippen molar-refractivity contribution < 1.29 is 4.74 Å². The zero-order valence-electron chi connectivity index (χ0n) is 10.7. The van der Waals surface area contributed by atoms with Crippen molar-refractivity contribution >= 4 is 0 Å². The molecule has 0 fully saturated rings. The third-order valence-electron chi connectivity index (χ3n) is 3.30. The molecule has 4 heteroatoms. The largest absolute Gasteiger partial charge is 0.488 e. The molecule has 1 aromatic heterocycles. The highest BCUT2D eigenvalue weighted by Gasteiger charge is 2.25. The number of rotatable bonds is 2. The number of hydrogen-bond donors (Lipinski definition) is 2. The van der Waals surface area contributed by atoms with Crippen molar-refractivity contribution in [1.82, 2.24) is 9.97 Å². The van der Waals surface area contributed by atoms with Gasteiger partial charge in [0, 0.05) is 18.5 Å². The second kappa shape index (κ2) is 4.14. The highest BCUT2D eigenvalue weighted by atomic mass is 16.5. The Morgan fingerprint density at radius 3 is 2.94 bits per heavy atom. The molecule has 1 aromatic carbocycles. The van der Waals surface area contributed by atoms with Gasteiger partial charge in [0.25, 0.3) is 0 Å². The predicted octanol–water partition coefficient (Wildman–Crippen LogP) is 1.96. The number of hydrogen-bond acceptors (Lipinski definition) is 3. The third kappa shape index (κ3) is 1.78. The summed E-state index contributed by atoms with van der Waals surface area (Å²) >= 11 is 0. The van der Waals surface area contributed by atoms with Crippen LogP contribution in [0.2, 0.25) is 0 Å². The Kier molecular flexibility index (Phi) is 2.59. The molecule has 1 aliphatic rings. The Morgan fingerprint density at radius 1 is 1.44 bits per heavy atom. The van der Waals surface area contributed by atoms with E-state index in [0.717, 1.165) is 29.3 Å². The van der Waals surface area contributed by atoms with E-state index in [0.29, 0.717) is 6.54 Å². The monoisotopic (exact) mass is 243 g/mol. The van der Waals surface area contributed by atoms with Crippen LogP contribution in [-0.4, -0.2) is 22.6 Å². The van der Waals surface area contributed by atoms with Crippen LogP contribution >= 0.6 is 0 Å². The summed E-state index contributed by atoms with van der Waals surface area (Å²) < 4.78 is 5.93. The van der Waals surface area contributed by atoms with Crippen LogP contribution in [0.15, 0.2) is 18.3 Å². The van der Waals surface area contributed by atoms with Crippen molar-refractivity contribution in [2.75, 3.05) is 6.54 Å². The SMILES string of the molecule is Cc1cc2c(c(-c3cnc(C)[nH]3)c1)O[C@@H](CN)C2. The summed E-state index contributed by atoms with van der Waals surface area (Å²) in [6.07, 6.45) is 2.85. The second-order valence-corrected chi connectivity index (χ2v) is 4.86. The minimum Gasteiger partial charge on any atom is -0.488 e. The molecule has 0 saturated heterocycles. The maximum atomic E-state index is 5.93. The number of aryl methyl sites for hydroxylation is 2. The zero-order valence-corrected chi connectivity index (χ0v) is 10.7. The van der Waals surface area contributed by atoms with Gasteiger partial charge >= 0.3 is 0 Å². The number of benzene rings is 1. The molecule has 4 nitrogen and oxygen atoms in total. The molecular weight excluding hydrogens is 226 g/mol. The molecule has 0 bridgehead atoms. The van der Waals surface area contributed by atoms with E-state index in [9.17, 15) is 0 Å². The van der Waals surface area contributed by atoms with E-state index >= 15 is 0 Å². The van der Waals surface area contributed by atoms with Crippen LogP contribution in [0.5, 0.6) is 5.75 Å². The Labute approximate surface area is 106 Å². The Balaban J connectivity index is 2.11. The lowest BCUT2D eigenvalue weighted by Gasteiger charge is -2.10. The molecule has 1 aliphatic heterocycles. The maximum Gasteiger partial charge on any atom is 0.132 e. The molecule has 0 unspecified atom stereocenters. The second-order valence-electron chi connectivity index (χ2n) is 4.86. The smallest absolute Gasteiger partial charge is 0.132 e. The number of imidazole rings is 1. The summed E-state index contributed by atoms with van der Waals surface area (Å²) in [6.45, 7) is 4.60. The van der Waals surface area contributed by atoms with Gasteiger partial charge in [-0.3, -0.25) is 0 Å². The molecule has 0 amide bonds. The summed E-state index contributed by atoms with van der Waals surface area (Å²) in [5.41, 5.74) is 10.3. The van der Waals surface area contributed by atoms with Gasteiger partial charge in [0.1, 0.15) is 17.7 Å². The van der Waals surface area contributed by atoms with Gasteiger partial charge in [0.15, 0.2) is 0 Å². The van der Waals surface area contributed by atoms with E-state index in [4.69, 9.17) is 10.5 Å². The van der Waals surface area contributed by atoms with Crippen LogP contribution in [0.1, 0.15) is 17.0 Å². The first-order chi connectivity index (χ1) is 8.67. The molecule has 0 saturated carbocycles. The molecule has 2 aromatic rings. The zero-order chi connectivity index (χ0) is 12.7. The van der Waals surface area contributed by atoms with Crippen molar-refractivity contribution in [3.05, 3.63) is 35.3 Å². The van der Waals surface area contributed by atoms with Crippen molar-refractivity contribution in [3.63, 3.8) is 0 Å². The van der Waals surface area contributed by atoms with Crippen LogP contribution < -0.4 is 10.5 Å². The lowest BCUT2D eigenvalue weighted by Crippen LogP contribution is -2.24. The minimum absolute atomic E-state index is 0.101. The van der Waals surface area contributed by atoms with Crippen LogP contribution in [0.3, 0.4) is 0 Å². The quantitative estimate of drug-likeness (QED) is 0.847. The van der Waals surface area contributed by atoms with E-state index in [1.807, 2.05) is 13.1 Å². The number of nitrogens with zero attached hydrogens (tertiary/aromatic N) is 1. The first-order valence-electron chi connectivity index (χ1n) is 6.19. The van der Waals surface area contributed by atoms with Crippen LogP contribution in [0.25, 0.3) is 11.3 Å². The topological polar surface area (TPSA) is 63.9 Å². The number of aromatic nitrogens is 2. The van der Waals surface area contributed by atoms with Gasteiger partial charge in [0.2, 0.25) is 0 Å². The average Bonchev–Trinajstić information content (AvgIpc) is 2.93. The summed E-state index contributed by atoms with van der Waals surface area (Å²) in [7, 11) is 0. The van der Waals surface area contributed by atoms with Crippen molar-refractivity contribution in [2.45, 2.75) is 26.4 Å². The van der Waals surface area contributed by atoms with Gasteiger partial charge in [-0.05, 0) is 31.0 Å². The molecule has 2 heterocycles. The fourth-order valence-corrected chi connectivity index (χ4v) is 2.48. The highest BCUT2D eigenvalue weighted by Crippen LogP contribution is 2.39. The minimum atomic E-state index is 0.101. The summed E-state index contributed by atoms with van der Waals surface area (Å²) in [6, 6.07) is 4.31. The lowest BCUT2D eigenvalue weighted by molar-refractivity contribution is 0.242. The predicted molar refractivity (Wildman–Crippen MR) is 70.7 cm³/mol. The number of H-pyrrole nitrogens is 1. The number of nitrogens with one attached hydrogen (secondary N) is 1. The van der Waals surface area contributed by atoms with E-state index in [-0.39, 0.29) is 6.10 Å². The maximum absolute atomic E-state index is 5.93. The number of nitrogens with two attached hydrogens (primary N) is 1. The average molecular weight is 243 g/mol. The molecule has 94 valence electrons. The standard InChI is InChI=1S/C14H17N3O/c1-8-3-10-5-11(6-15)18-14(10)12(4-8)13-7-16-9(2)17-13/h3-4,7,11H,5-6,15H2,1-2H3,(H,16,17)/t11-/m1/s1. The van der Waals surface area contributed by atoms with Crippen LogP contribution in [0.4, 0.5) is 0 Å². The van der Waals surface area contributed by atoms with Gasteiger partial charge < -0.3 is 15.5 Å². The van der Waals surface area contributed by atoms with E-state index < -0.39 is 0 Å². The Morgan fingerprint density at radius 2 is 2.28 bits per heavy atom. The molecule has 0 aliphatic carbocycles. The number of aromatic amines is 1. The summed E-state index contributed by atoms with van der Waals surface area (Å²) in [4.78, 5) is 7.51. The number of fused-ring (bicyclic) bond motifs is 1. The Hall–Kier alpha value is -1.81. The van der Waals surface area contributed by atoms with Gasteiger partial charge in [-0.1, -0.05) is 6.07 Å². The normalized spacial score (nSPS) is 17.6. The van der Waals surface area contributed by atoms with Gasteiger partial charge in [-0.25, -0.2) is 4.98 Å². The first-order valence-corrected chi connectivity index (χ1v) is 6.19. The molecule has 1 atom stereocenters. The van der Waals surface area contributed by atoms with E-state index in [1.54, 1.807) is 0 Å².